The van der Waals surface area contributed by atoms with Crippen LogP contribution in [0.25, 0.3) is 16.7 Å². The number of aromatic nitrogens is 3. The molecule has 1 amide bonds. The predicted octanol–water partition coefficient (Wildman–Crippen LogP) is 1.60. The van der Waals surface area contributed by atoms with Crippen LogP contribution >= 0.6 is 0 Å². The average Bonchev–Trinajstić information content (AvgIpc) is 3.05. The highest BCUT2D eigenvalue weighted by molar-refractivity contribution is 5.98. The molecule has 0 unspecified atom stereocenters. The van der Waals surface area contributed by atoms with Crippen molar-refractivity contribution in [1.29, 1.82) is 0 Å². The van der Waals surface area contributed by atoms with E-state index in [0.29, 0.717) is 48.5 Å². The lowest BCUT2D eigenvalue weighted by Gasteiger charge is -2.31. The van der Waals surface area contributed by atoms with Crippen LogP contribution in [0, 0.1) is 5.92 Å². The van der Waals surface area contributed by atoms with Crippen LogP contribution in [0.15, 0.2) is 35.3 Å². The number of pyridine rings is 1. The second-order valence-electron chi connectivity index (χ2n) is 7.01. The van der Waals surface area contributed by atoms with Crippen molar-refractivity contribution in [3.63, 3.8) is 0 Å². The first kappa shape index (κ1) is 18.2. The second-order valence-corrected chi connectivity index (χ2v) is 7.01. The summed E-state index contributed by atoms with van der Waals surface area (Å²) in [4.78, 5) is 44.2. The van der Waals surface area contributed by atoms with Gasteiger partial charge in [0.05, 0.1) is 17.9 Å². The van der Waals surface area contributed by atoms with Crippen LogP contribution < -0.4 is 5.56 Å². The van der Waals surface area contributed by atoms with Gasteiger partial charge in [-0.15, -0.1) is 0 Å². The molecule has 4 heterocycles. The minimum Gasteiger partial charge on any atom is -0.466 e. The molecule has 0 bridgehead atoms. The van der Waals surface area contributed by atoms with Gasteiger partial charge in [-0.2, -0.15) is 0 Å². The molecule has 28 heavy (non-hydrogen) atoms. The largest absolute Gasteiger partial charge is 0.466 e. The van der Waals surface area contributed by atoms with Gasteiger partial charge in [0.2, 0.25) is 0 Å². The second kappa shape index (κ2) is 7.10. The zero-order chi connectivity index (χ0) is 19.8. The van der Waals surface area contributed by atoms with E-state index in [1.807, 2.05) is 6.07 Å². The minimum absolute atomic E-state index is 0.206. The number of hydrogen-bond donors (Lipinski definition) is 0. The van der Waals surface area contributed by atoms with Gasteiger partial charge < -0.3 is 14.2 Å². The quantitative estimate of drug-likeness (QED) is 0.643. The predicted molar refractivity (Wildman–Crippen MR) is 103 cm³/mol. The highest BCUT2D eigenvalue weighted by Crippen LogP contribution is 2.22. The Labute approximate surface area is 161 Å². The number of nitrogens with zero attached hydrogens (tertiary/aromatic N) is 4. The summed E-state index contributed by atoms with van der Waals surface area (Å²) in [5.74, 6) is -0.773. The van der Waals surface area contributed by atoms with Gasteiger partial charge in [0.1, 0.15) is 17.0 Å². The molecule has 8 nitrogen and oxygen atoms in total. The first-order valence-corrected chi connectivity index (χ1v) is 9.44. The maximum atomic E-state index is 13.1. The molecule has 3 aromatic heterocycles. The van der Waals surface area contributed by atoms with Crippen LogP contribution in [0.1, 0.15) is 30.3 Å². The Morgan fingerprint density at radius 1 is 1.32 bits per heavy atom. The topological polar surface area (TPSA) is 85.9 Å². The van der Waals surface area contributed by atoms with Crippen LogP contribution in [0.5, 0.6) is 0 Å². The summed E-state index contributed by atoms with van der Waals surface area (Å²) in [6.45, 7) is 3.00. The van der Waals surface area contributed by atoms with E-state index in [9.17, 15) is 14.4 Å². The fraction of sp³-hybridized carbons (Fsp3) is 0.400. The zero-order valence-corrected chi connectivity index (χ0v) is 15.9. The molecule has 1 saturated heterocycles. The van der Waals surface area contributed by atoms with Crippen molar-refractivity contribution in [2.45, 2.75) is 19.8 Å². The number of aryl methyl sites for hydroxylation is 1. The standard InChI is InChI=1S/C20H22N4O4/c1-3-28-20(27)13-7-6-9-23(12-13)19(26)15-11-14-17(22(15)2)21-16-8-4-5-10-24(16)18(14)25/h4-5,8,10-11,13H,3,6-7,9,12H2,1-2H3/t13-/m0/s1. The van der Waals surface area contributed by atoms with Crippen LogP contribution in [0.4, 0.5) is 0 Å². The molecule has 0 N–H and O–H groups in total. The molecule has 4 rings (SSSR count). The molecular weight excluding hydrogens is 360 g/mol. The third-order valence-electron chi connectivity index (χ3n) is 5.26. The Balaban J connectivity index is 1.70. The fourth-order valence-electron chi connectivity index (χ4n) is 3.80. The molecule has 3 aromatic rings. The van der Waals surface area contributed by atoms with Gasteiger partial charge in [-0.05, 0) is 38.0 Å². The minimum atomic E-state index is -0.307. The lowest BCUT2D eigenvalue weighted by molar-refractivity contribution is -0.149. The van der Waals surface area contributed by atoms with Gasteiger partial charge in [-0.3, -0.25) is 18.8 Å². The molecule has 0 spiro atoms. The van der Waals surface area contributed by atoms with Crippen molar-refractivity contribution in [3.05, 3.63) is 46.5 Å². The summed E-state index contributed by atoms with van der Waals surface area (Å²) in [5, 5.41) is 0.397. The Kier molecular flexibility index (Phi) is 4.62. The summed E-state index contributed by atoms with van der Waals surface area (Å²) < 4.78 is 8.23. The SMILES string of the molecule is CCOC(=O)[C@H]1CCCN(C(=O)c2cc3c(=O)n4ccccc4nc3n2C)C1. The third-order valence-corrected chi connectivity index (χ3v) is 5.26. The van der Waals surface area contributed by atoms with Gasteiger partial charge >= 0.3 is 5.97 Å². The number of hydrogen-bond acceptors (Lipinski definition) is 5. The summed E-state index contributed by atoms with van der Waals surface area (Å²) >= 11 is 0. The van der Waals surface area contributed by atoms with E-state index in [-0.39, 0.29) is 23.4 Å². The van der Waals surface area contributed by atoms with Crippen LogP contribution in [-0.2, 0) is 16.6 Å². The highest BCUT2D eigenvalue weighted by atomic mass is 16.5. The van der Waals surface area contributed by atoms with E-state index < -0.39 is 0 Å². The Morgan fingerprint density at radius 3 is 2.93 bits per heavy atom. The molecule has 1 aliphatic rings. The van der Waals surface area contributed by atoms with Crippen LogP contribution in [0.3, 0.4) is 0 Å². The van der Waals surface area contributed by atoms with Crippen molar-refractivity contribution in [1.82, 2.24) is 18.9 Å². The Morgan fingerprint density at radius 2 is 2.14 bits per heavy atom. The van der Waals surface area contributed by atoms with Gasteiger partial charge in [0, 0.05) is 26.3 Å². The van der Waals surface area contributed by atoms with Crippen molar-refractivity contribution in [2.75, 3.05) is 19.7 Å². The molecule has 0 saturated carbocycles. The van der Waals surface area contributed by atoms with Crippen LogP contribution in [-0.4, -0.2) is 50.4 Å². The molecule has 0 radical (unpaired) electrons. The normalized spacial score (nSPS) is 17.2. The van der Waals surface area contributed by atoms with Gasteiger partial charge in [0.15, 0.2) is 0 Å². The van der Waals surface area contributed by atoms with E-state index in [0.717, 1.165) is 6.42 Å². The zero-order valence-electron chi connectivity index (χ0n) is 15.9. The summed E-state index contributed by atoms with van der Waals surface area (Å²) in [6, 6.07) is 6.93. The number of carbonyl (C=O) groups excluding carboxylic acids is 2. The van der Waals surface area contributed by atoms with Crippen LogP contribution in [0.2, 0.25) is 0 Å². The number of likely N-dealkylation sites (tertiary alicyclic amines) is 1. The summed E-state index contributed by atoms with van der Waals surface area (Å²) in [6.07, 6.45) is 3.11. The molecule has 1 fully saturated rings. The van der Waals surface area contributed by atoms with Gasteiger partial charge in [0.25, 0.3) is 11.5 Å². The summed E-state index contributed by atoms with van der Waals surface area (Å²) in [5.41, 5.74) is 1.18. The molecule has 8 heteroatoms. The highest BCUT2D eigenvalue weighted by Gasteiger charge is 2.31. The first-order valence-electron chi connectivity index (χ1n) is 9.44. The van der Waals surface area contributed by atoms with Crippen molar-refractivity contribution in [2.24, 2.45) is 13.0 Å². The van der Waals surface area contributed by atoms with E-state index >= 15 is 0 Å². The maximum absolute atomic E-state index is 13.1. The number of carbonyl (C=O) groups is 2. The molecule has 1 atom stereocenters. The molecule has 0 aliphatic carbocycles. The summed E-state index contributed by atoms with van der Waals surface area (Å²) in [7, 11) is 1.73. The Bertz CT molecular complexity index is 1130. The van der Waals surface area contributed by atoms with Crippen molar-refractivity contribution >= 4 is 28.6 Å². The molecule has 1 aliphatic heterocycles. The number of fused-ring (bicyclic) bond motifs is 2. The van der Waals surface area contributed by atoms with E-state index in [4.69, 9.17) is 4.74 Å². The van der Waals surface area contributed by atoms with E-state index in [1.165, 1.54) is 4.40 Å². The lowest BCUT2D eigenvalue weighted by Crippen LogP contribution is -2.43. The van der Waals surface area contributed by atoms with Crippen molar-refractivity contribution < 1.29 is 14.3 Å². The number of piperidine rings is 1. The van der Waals surface area contributed by atoms with E-state index in [2.05, 4.69) is 4.98 Å². The maximum Gasteiger partial charge on any atom is 0.310 e. The number of ether oxygens (including phenoxy) is 1. The number of esters is 1. The smallest absolute Gasteiger partial charge is 0.310 e. The van der Waals surface area contributed by atoms with Crippen molar-refractivity contribution in [3.8, 4) is 0 Å². The lowest BCUT2D eigenvalue weighted by atomic mass is 9.98. The van der Waals surface area contributed by atoms with Gasteiger partial charge in [-0.1, -0.05) is 6.07 Å². The monoisotopic (exact) mass is 382 g/mol. The molecule has 146 valence electrons. The fourth-order valence-corrected chi connectivity index (χ4v) is 3.80. The Hall–Kier alpha value is -3.16. The van der Waals surface area contributed by atoms with E-state index in [1.54, 1.807) is 47.8 Å². The number of rotatable bonds is 3. The van der Waals surface area contributed by atoms with Gasteiger partial charge in [-0.25, -0.2) is 4.98 Å². The first-order chi connectivity index (χ1) is 13.5. The average molecular weight is 382 g/mol. The third kappa shape index (κ3) is 2.94. The molecule has 0 aromatic carbocycles. The molecular formula is C20H22N4O4. The number of amides is 1.